The average molecular weight is 264 g/mol. The third-order valence-corrected chi connectivity index (χ3v) is 4.34. The van der Waals surface area contributed by atoms with Crippen molar-refractivity contribution in [3.63, 3.8) is 0 Å². The minimum absolute atomic E-state index is 0.131. The second-order valence-corrected chi connectivity index (χ2v) is 5.95. The first-order chi connectivity index (χ1) is 8.58. The van der Waals surface area contributed by atoms with Crippen LogP contribution in [0, 0.1) is 0 Å². The number of rotatable bonds is 3. The van der Waals surface area contributed by atoms with Crippen molar-refractivity contribution < 1.29 is 4.79 Å². The second kappa shape index (κ2) is 5.76. The van der Waals surface area contributed by atoms with E-state index in [0.29, 0.717) is 0 Å². The Bertz CT molecular complexity index is 445. The second-order valence-electron chi connectivity index (χ2n) is 4.85. The summed E-state index contributed by atoms with van der Waals surface area (Å²) < 4.78 is 0. The number of hydrogen-bond donors (Lipinski definition) is 1. The SMILES string of the molecule is CC(=O)N1CCCc2cc(SCC(C)N)ccc21. The molecule has 2 rings (SSSR count). The van der Waals surface area contributed by atoms with E-state index < -0.39 is 0 Å². The molecule has 1 heterocycles. The zero-order chi connectivity index (χ0) is 13.1. The number of fused-ring (bicyclic) bond motifs is 1. The highest BCUT2D eigenvalue weighted by Gasteiger charge is 2.19. The van der Waals surface area contributed by atoms with Gasteiger partial charge >= 0.3 is 0 Å². The van der Waals surface area contributed by atoms with E-state index in [-0.39, 0.29) is 11.9 Å². The van der Waals surface area contributed by atoms with Crippen LogP contribution < -0.4 is 10.6 Å². The Morgan fingerprint density at radius 3 is 3.00 bits per heavy atom. The zero-order valence-corrected chi connectivity index (χ0v) is 11.8. The molecule has 0 spiro atoms. The van der Waals surface area contributed by atoms with Gasteiger partial charge in [0.25, 0.3) is 0 Å². The molecule has 1 aromatic rings. The molecule has 98 valence electrons. The van der Waals surface area contributed by atoms with Gasteiger partial charge in [-0.15, -0.1) is 11.8 Å². The summed E-state index contributed by atoms with van der Waals surface area (Å²) in [5.74, 6) is 1.06. The third-order valence-electron chi connectivity index (χ3n) is 3.06. The number of benzene rings is 1. The van der Waals surface area contributed by atoms with E-state index in [1.54, 1.807) is 18.7 Å². The summed E-state index contributed by atoms with van der Waals surface area (Å²) in [6.45, 7) is 4.49. The molecule has 1 unspecified atom stereocenters. The Morgan fingerprint density at radius 2 is 2.33 bits per heavy atom. The van der Waals surface area contributed by atoms with Gasteiger partial charge in [-0.05, 0) is 43.5 Å². The fourth-order valence-electron chi connectivity index (χ4n) is 2.22. The van der Waals surface area contributed by atoms with Crippen LogP contribution in [0.2, 0.25) is 0 Å². The number of amides is 1. The zero-order valence-electron chi connectivity index (χ0n) is 11.0. The Labute approximate surface area is 113 Å². The molecule has 0 saturated carbocycles. The van der Waals surface area contributed by atoms with E-state index in [1.807, 2.05) is 11.8 Å². The fraction of sp³-hybridized carbons (Fsp3) is 0.500. The van der Waals surface area contributed by atoms with Crippen LogP contribution in [0.5, 0.6) is 0 Å². The van der Waals surface area contributed by atoms with Crippen molar-refractivity contribution in [3.05, 3.63) is 23.8 Å². The quantitative estimate of drug-likeness (QED) is 0.853. The van der Waals surface area contributed by atoms with Gasteiger partial charge in [0.2, 0.25) is 5.91 Å². The Balaban J connectivity index is 2.19. The first-order valence-electron chi connectivity index (χ1n) is 6.37. The lowest BCUT2D eigenvalue weighted by Crippen LogP contribution is -2.33. The molecule has 0 aliphatic carbocycles. The van der Waals surface area contributed by atoms with Gasteiger partial charge in [0, 0.05) is 35.8 Å². The lowest BCUT2D eigenvalue weighted by atomic mass is 10.0. The molecule has 18 heavy (non-hydrogen) atoms. The van der Waals surface area contributed by atoms with Crippen molar-refractivity contribution >= 4 is 23.4 Å². The minimum atomic E-state index is 0.131. The number of carbonyl (C=O) groups excluding carboxylic acids is 1. The number of hydrogen-bond acceptors (Lipinski definition) is 3. The highest BCUT2D eigenvalue weighted by atomic mass is 32.2. The maximum atomic E-state index is 11.6. The largest absolute Gasteiger partial charge is 0.327 e. The van der Waals surface area contributed by atoms with Crippen LogP contribution in [-0.4, -0.2) is 24.2 Å². The highest BCUT2D eigenvalue weighted by molar-refractivity contribution is 7.99. The van der Waals surface area contributed by atoms with E-state index in [4.69, 9.17) is 5.73 Å². The van der Waals surface area contributed by atoms with E-state index in [0.717, 1.165) is 30.8 Å². The van der Waals surface area contributed by atoms with Crippen molar-refractivity contribution in [2.45, 2.75) is 37.6 Å². The predicted octanol–water partition coefficient (Wildman–Crippen LogP) is 2.43. The van der Waals surface area contributed by atoms with Crippen LogP contribution in [0.1, 0.15) is 25.8 Å². The van der Waals surface area contributed by atoms with Gasteiger partial charge in [0.15, 0.2) is 0 Å². The monoisotopic (exact) mass is 264 g/mol. The molecule has 2 N–H and O–H groups in total. The number of thioether (sulfide) groups is 1. The smallest absolute Gasteiger partial charge is 0.223 e. The molecule has 1 amide bonds. The molecule has 0 saturated heterocycles. The lowest BCUT2D eigenvalue weighted by Gasteiger charge is -2.28. The highest BCUT2D eigenvalue weighted by Crippen LogP contribution is 2.31. The molecule has 1 atom stereocenters. The van der Waals surface area contributed by atoms with Crippen LogP contribution in [0.25, 0.3) is 0 Å². The maximum Gasteiger partial charge on any atom is 0.223 e. The predicted molar refractivity (Wildman–Crippen MR) is 77.2 cm³/mol. The number of nitrogens with zero attached hydrogens (tertiary/aromatic N) is 1. The van der Waals surface area contributed by atoms with Gasteiger partial charge in [-0.25, -0.2) is 0 Å². The summed E-state index contributed by atoms with van der Waals surface area (Å²) in [7, 11) is 0. The summed E-state index contributed by atoms with van der Waals surface area (Å²) in [5, 5.41) is 0. The molecule has 1 aliphatic heterocycles. The molecule has 1 aliphatic rings. The molecule has 4 heteroatoms. The first-order valence-corrected chi connectivity index (χ1v) is 7.36. The van der Waals surface area contributed by atoms with Gasteiger partial charge in [0.05, 0.1) is 0 Å². The van der Waals surface area contributed by atoms with E-state index in [9.17, 15) is 4.79 Å². The summed E-state index contributed by atoms with van der Waals surface area (Å²) in [6, 6.07) is 6.57. The van der Waals surface area contributed by atoms with Crippen molar-refractivity contribution in [1.82, 2.24) is 0 Å². The number of nitrogens with two attached hydrogens (primary N) is 1. The maximum absolute atomic E-state index is 11.6. The van der Waals surface area contributed by atoms with E-state index in [2.05, 4.69) is 18.2 Å². The third kappa shape index (κ3) is 3.06. The molecular weight excluding hydrogens is 244 g/mol. The molecule has 0 fully saturated rings. The van der Waals surface area contributed by atoms with Gasteiger partial charge < -0.3 is 10.6 Å². The van der Waals surface area contributed by atoms with Crippen molar-refractivity contribution in [1.29, 1.82) is 0 Å². The number of aryl methyl sites for hydroxylation is 1. The Kier molecular flexibility index (Phi) is 4.30. The lowest BCUT2D eigenvalue weighted by molar-refractivity contribution is -0.116. The molecular formula is C14H20N2OS. The van der Waals surface area contributed by atoms with Crippen LogP contribution in [0.15, 0.2) is 23.1 Å². The van der Waals surface area contributed by atoms with Crippen molar-refractivity contribution in [2.75, 3.05) is 17.2 Å². The summed E-state index contributed by atoms with van der Waals surface area (Å²) in [4.78, 5) is 14.7. The molecule has 1 aromatic carbocycles. The molecule has 0 radical (unpaired) electrons. The van der Waals surface area contributed by atoms with Gasteiger partial charge in [-0.2, -0.15) is 0 Å². The average Bonchev–Trinajstić information content (AvgIpc) is 2.35. The number of carbonyl (C=O) groups is 1. The minimum Gasteiger partial charge on any atom is -0.327 e. The number of anilines is 1. The van der Waals surface area contributed by atoms with Crippen LogP contribution >= 0.6 is 11.8 Å². The molecule has 0 bridgehead atoms. The van der Waals surface area contributed by atoms with Crippen LogP contribution in [-0.2, 0) is 11.2 Å². The van der Waals surface area contributed by atoms with Crippen LogP contribution in [0.3, 0.4) is 0 Å². The summed E-state index contributed by atoms with van der Waals surface area (Å²) in [5.41, 5.74) is 8.13. The van der Waals surface area contributed by atoms with Gasteiger partial charge in [-0.1, -0.05) is 0 Å². The Hall–Kier alpha value is -1.00. The van der Waals surface area contributed by atoms with Gasteiger partial charge in [-0.3, -0.25) is 4.79 Å². The van der Waals surface area contributed by atoms with Gasteiger partial charge in [0.1, 0.15) is 0 Å². The van der Waals surface area contributed by atoms with E-state index in [1.165, 1.54) is 10.5 Å². The van der Waals surface area contributed by atoms with Crippen molar-refractivity contribution in [3.8, 4) is 0 Å². The van der Waals surface area contributed by atoms with Crippen molar-refractivity contribution in [2.24, 2.45) is 5.73 Å². The summed E-state index contributed by atoms with van der Waals surface area (Å²) >= 11 is 1.78. The Morgan fingerprint density at radius 1 is 1.56 bits per heavy atom. The normalized spacial score (nSPS) is 16.3. The fourth-order valence-corrected chi connectivity index (χ4v) is 3.06. The first kappa shape index (κ1) is 13.4. The molecule has 0 aromatic heterocycles. The molecule has 3 nitrogen and oxygen atoms in total. The van der Waals surface area contributed by atoms with Crippen LogP contribution in [0.4, 0.5) is 5.69 Å². The topological polar surface area (TPSA) is 46.3 Å². The standard InChI is InChI=1S/C14H20N2OS/c1-10(15)9-18-13-5-6-14-12(8-13)4-3-7-16(14)11(2)17/h5-6,8,10H,3-4,7,9,15H2,1-2H3. The van der Waals surface area contributed by atoms with E-state index >= 15 is 0 Å². The summed E-state index contributed by atoms with van der Waals surface area (Å²) in [6.07, 6.45) is 2.11.